The zero-order valence-corrected chi connectivity index (χ0v) is 31.0. The van der Waals surface area contributed by atoms with Crippen LogP contribution in [0.1, 0.15) is 219 Å². The number of amides is 1. The fourth-order valence-corrected chi connectivity index (χ4v) is 6.36. The Labute approximate surface area is 287 Å². The zero-order chi connectivity index (χ0) is 33.8. The van der Waals surface area contributed by atoms with Crippen molar-refractivity contribution < 1.29 is 20.1 Å². The van der Waals surface area contributed by atoms with Crippen molar-refractivity contribution in [3.05, 3.63) is 12.2 Å². The van der Waals surface area contributed by atoms with E-state index < -0.39 is 24.2 Å². The van der Waals surface area contributed by atoms with E-state index in [0.717, 1.165) is 32.1 Å². The summed E-state index contributed by atoms with van der Waals surface area (Å²) < 4.78 is 0. The number of allylic oxidation sites excluding steroid dienone is 1. The third-order valence-corrected chi connectivity index (χ3v) is 9.63. The molecule has 5 nitrogen and oxygen atoms in total. The molecular formula is C41H81NO4. The maximum atomic E-state index is 12.4. The van der Waals surface area contributed by atoms with Gasteiger partial charge in [-0.1, -0.05) is 212 Å². The van der Waals surface area contributed by atoms with Crippen molar-refractivity contribution >= 4 is 5.91 Å². The van der Waals surface area contributed by atoms with Crippen LogP contribution in [0.3, 0.4) is 0 Å². The van der Waals surface area contributed by atoms with E-state index in [-0.39, 0.29) is 6.61 Å². The third kappa shape index (κ3) is 31.7. The molecule has 0 aromatic rings. The summed E-state index contributed by atoms with van der Waals surface area (Å²) in [6.45, 7) is 4.16. The number of nitrogens with one attached hydrogen (secondary N) is 1. The number of carbonyl (C=O) groups is 1. The predicted molar refractivity (Wildman–Crippen MR) is 199 cm³/mol. The van der Waals surface area contributed by atoms with Gasteiger partial charge in [-0.15, -0.1) is 0 Å². The van der Waals surface area contributed by atoms with E-state index in [9.17, 15) is 20.1 Å². The summed E-state index contributed by atoms with van der Waals surface area (Å²) in [4.78, 5) is 12.4. The summed E-state index contributed by atoms with van der Waals surface area (Å²) in [6, 6.07) is -0.790. The standard InChI is InChI=1S/C41H81NO4/c1-3-5-7-9-11-13-15-16-17-18-19-20-21-22-23-24-25-26-28-30-32-34-36-40(45)41(46)42-38(37-43)39(44)35-33-31-29-27-14-12-10-8-6-4-2/h33,35,38-40,43-45H,3-32,34,36-37H2,1-2H3,(H,42,46)/b35-33+. The highest BCUT2D eigenvalue weighted by atomic mass is 16.3. The molecule has 0 aromatic heterocycles. The Morgan fingerprint density at radius 1 is 0.522 bits per heavy atom. The Hall–Kier alpha value is -0.910. The largest absolute Gasteiger partial charge is 0.394 e. The fourth-order valence-electron chi connectivity index (χ4n) is 6.36. The monoisotopic (exact) mass is 652 g/mol. The van der Waals surface area contributed by atoms with Gasteiger partial charge >= 0.3 is 0 Å². The van der Waals surface area contributed by atoms with Crippen molar-refractivity contribution in [3.8, 4) is 0 Å². The number of aliphatic hydroxyl groups is 3. The first kappa shape index (κ1) is 45.1. The zero-order valence-electron chi connectivity index (χ0n) is 31.0. The Morgan fingerprint density at radius 2 is 0.848 bits per heavy atom. The molecule has 0 bridgehead atoms. The van der Waals surface area contributed by atoms with Crippen LogP contribution in [0.2, 0.25) is 0 Å². The first-order valence-corrected chi connectivity index (χ1v) is 20.5. The predicted octanol–water partition coefficient (Wildman–Crippen LogP) is 11.3. The molecule has 0 aliphatic carbocycles. The Balaban J connectivity index is 3.58. The van der Waals surface area contributed by atoms with E-state index in [4.69, 9.17) is 0 Å². The maximum Gasteiger partial charge on any atom is 0.249 e. The number of hydrogen-bond acceptors (Lipinski definition) is 4. The van der Waals surface area contributed by atoms with Crippen molar-refractivity contribution in [1.82, 2.24) is 5.32 Å². The number of carbonyl (C=O) groups excluding carboxylic acids is 1. The van der Waals surface area contributed by atoms with Gasteiger partial charge in [-0.2, -0.15) is 0 Å². The minimum Gasteiger partial charge on any atom is -0.394 e. The molecule has 0 aliphatic heterocycles. The second kappa shape index (κ2) is 36.9. The normalized spacial score (nSPS) is 13.8. The van der Waals surface area contributed by atoms with E-state index in [0.29, 0.717) is 6.42 Å². The summed E-state index contributed by atoms with van der Waals surface area (Å²) in [5.74, 6) is -0.502. The van der Waals surface area contributed by atoms with E-state index in [1.54, 1.807) is 6.08 Å². The van der Waals surface area contributed by atoms with Crippen LogP contribution in [0.15, 0.2) is 12.2 Å². The van der Waals surface area contributed by atoms with Crippen LogP contribution in [0.5, 0.6) is 0 Å². The van der Waals surface area contributed by atoms with Gasteiger partial charge in [0.05, 0.1) is 18.8 Å². The first-order valence-electron chi connectivity index (χ1n) is 20.5. The molecule has 0 saturated heterocycles. The van der Waals surface area contributed by atoms with Gasteiger partial charge in [0.15, 0.2) is 0 Å². The molecule has 0 aromatic carbocycles. The molecule has 0 saturated carbocycles. The number of aliphatic hydroxyl groups excluding tert-OH is 3. The maximum absolute atomic E-state index is 12.4. The quantitative estimate of drug-likeness (QED) is 0.0397. The lowest BCUT2D eigenvalue weighted by atomic mass is 10.0. The third-order valence-electron chi connectivity index (χ3n) is 9.63. The van der Waals surface area contributed by atoms with Gasteiger partial charge in [0.2, 0.25) is 5.91 Å². The number of rotatable bonds is 37. The van der Waals surface area contributed by atoms with Gasteiger partial charge in [0.1, 0.15) is 6.10 Å². The molecule has 0 heterocycles. The SMILES string of the molecule is CCCCCCCCCC/C=C/C(O)C(CO)NC(=O)C(O)CCCCCCCCCCCCCCCCCCCCCCCC. The van der Waals surface area contributed by atoms with Crippen molar-refractivity contribution in [2.75, 3.05) is 6.61 Å². The average Bonchev–Trinajstić information content (AvgIpc) is 3.06. The topological polar surface area (TPSA) is 89.8 Å². The second-order valence-corrected chi connectivity index (χ2v) is 14.2. The molecular weight excluding hydrogens is 570 g/mol. The lowest BCUT2D eigenvalue weighted by Gasteiger charge is -2.21. The van der Waals surface area contributed by atoms with Crippen LogP contribution in [0.4, 0.5) is 0 Å². The summed E-state index contributed by atoms with van der Waals surface area (Å²) in [5.41, 5.74) is 0. The molecule has 4 N–H and O–H groups in total. The molecule has 274 valence electrons. The minimum absolute atomic E-state index is 0.360. The van der Waals surface area contributed by atoms with Gasteiger partial charge in [0, 0.05) is 0 Å². The molecule has 46 heavy (non-hydrogen) atoms. The highest BCUT2D eigenvalue weighted by Gasteiger charge is 2.22. The van der Waals surface area contributed by atoms with E-state index in [1.807, 2.05) is 6.08 Å². The van der Waals surface area contributed by atoms with Crippen LogP contribution >= 0.6 is 0 Å². The smallest absolute Gasteiger partial charge is 0.249 e. The van der Waals surface area contributed by atoms with Gasteiger partial charge in [-0.3, -0.25) is 4.79 Å². The minimum atomic E-state index is -1.09. The molecule has 1 amide bonds. The molecule has 0 spiro atoms. The van der Waals surface area contributed by atoms with Gasteiger partial charge in [-0.25, -0.2) is 0 Å². The summed E-state index contributed by atoms with van der Waals surface area (Å²) in [7, 11) is 0. The van der Waals surface area contributed by atoms with Gasteiger partial charge < -0.3 is 20.6 Å². The second-order valence-electron chi connectivity index (χ2n) is 14.2. The summed E-state index contributed by atoms with van der Waals surface area (Å²) in [6.07, 6.45) is 42.4. The molecule has 0 aliphatic rings. The number of hydrogen-bond donors (Lipinski definition) is 4. The number of unbranched alkanes of at least 4 members (excludes halogenated alkanes) is 29. The molecule has 0 radical (unpaired) electrons. The molecule has 0 fully saturated rings. The Kier molecular flexibility index (Phi) is 36.2. The van der Waals surface area contributed by atoms with Crippen molar-refractivity contribution in [3.63, 3.8) is 0 Å². The van der Waals surface area contributed by atoms with Gasteiger partial charge in [-0.05, 0) is 19.3 Å². The van der Waals surface area contributed by atoms with Crippen LogP contribution in [0, 0.1) is 0 Å². The first-order chi connectivity index (χ1) is 22.6. The molecule has 3 atom stereocenters. The lowest BCUT2D eigenvalue weighted by molar-refractivity contribution is -0.131. The summed E-state index contributed by atoms with van der Waals surface area (Å²) >= 11 is 0. The highest BCUT2D eigenvalue weighted by Crippen LogP contribution is 2.16. The molecule has 0 rings (SSSR count). The Morgan fingerprint density at radius 3 is 1.20 bits per heavy atom. The van der Waals surface area contributed by atoms with Crippen LogP contribution in [0.25, 0.3) is 0 Å². The van der Waals surface area contributed by atoms with Crippen LogP contribution in [-0.4, -0.2) is 46.1 Å². The van der Waals surface area contributed by atoms with E-state index in [1.165, 1.54) is 167 Å². The summed E-state index contributed by atoms with van der Waals surface area (Å²) in [5, 5.41) is 32.9. The van der Waals surface area contributed by atoms with Crippen LogP contribution in [-0.2, 0) is 4.79 Å². The lowest BCUT2D eigenvalue weighted by Crippen LogP contribution is -2.48. The van der Waals surface area contributed by atoms with E-state index in [2.05, 4.69) is 19.2 Å². The fraction of sp³-hybridized carbons (Fsp3) is 0.927. The van der Waals surface area contributed by atoms with Crippen LogP contribution < -0.4 is 5.32 Å². The molecule has 3 unspecified atom stereocenters. The van der Waals surface area contributed by atoms with Crippen molar-refractivity contribution in [2.45, 2.75) is 238 Å². The van der Waals surface area contributed by atoms with Gasteiger partial charge in [0.25, 0.3) is 0 Å². The van der Waals surface area contributed by atoms with Crippen molar-refractivity contribution in [1.29, 1.82) is 0 Å². The average molecular weight is 652 g/mol. The van der Waals surface area contributed by atoms with E-state index >= 15 is 0 Å². The molecule has 5 heteroatoms. The van der Waals surface area contributed by atoms with Crippen molar-refractivity contribution in [2.24, 2.45) is 0 Å². The Bertz CT molecular complexity index is 640. The highest BCUT2D eigenvalue weighted by molar-refractivity contribution is 5.80.